The second-order valence-electron chi connectivity index (χ2n) is 3.21. The van der Waals surface area contributed by atoms with E-state index in [9.17, 15) is 4.21 Å². The number of hydrogen-bond donors (Lipinski definition) is 4. The minimum Gasteiger partial charge on any atom is -0.284 e. The zero-order valence-corrected chi connectivity index (χ0v) is 11.9. The molecule has 0 rings (SSSR count). The highest BCUT2D eigenvalue weighted by Crippen LogP contribution is 2.17. The molecule has 1 N–H and O–H groups in total. The van der Waals surface area contributed by atoms with Crippen molar-refractivity contribution in [1.82, 2.24) is 0 Å². The van der Waals surface area contributed by atoms with Crippen molar-refractivity contribution in [2.24, 2.45) is 0 Å². The van der Waals surface area contributed by atoms with Crippen molar-refractivity contribution in [3.05, 3.63) is 0 Å². The lowest BCUT2D eigenvalue weighted by atomic mass is 10.1. The van der Waals surface area contributed by atoms with E-state index in [1.165, 1.54) is 0 Å². The van der Waals surface area contributed by atoms with Gasteiger partial charge in [-0.3, -0.25) is 8.74 Å². The van der Waals surface area contributed by atoms with Crippen LogP contribution in [-0.2, 0) is 15.5 Å². The van der Waals surface area contributed by atoms with Gasteiger partial charge < -0.3 is 0 Å². The first kappa shape index (κ1) is 16.1. The molecule has 0 bridgehead atoms. The second-order valence-corrected chi connectivity index (χ2v) is 5.65. The molecule has 0 aliphatic heterocycles. The molecular weight excluding hydrogens is 272 g/mol. The summed E-state index contributed by atoms with van der Waals surface area (Å²) in [7, 11) is 0. The molecule has 15 heavy (non-hydrogen) atoms. The molecule has 0 spiro atoms. The molecule has 0 aromatic heterocycles. The fraction of sp³-hybridized carbons (Fsp3) is 1.00. The van der Waals surface area contributed by atoms with Gasteiger partial charge in [-0.25, -0.2) is 0 Å². The maximum Gasteiger partial charge on any atom is 0.301 e. The highest BCUT2D eigenvalue weighted by molar-refractivity contribution is 7.85. The average molecular weight is 290 g/mol. The van der Waals surface area contributed by atoms with E-state index in [-0.39, 0.29) is 17.1 Å². The third-order valence-electron chi connectivity index (χ3n) is 1.94. The molecule has 0 aliphatic carbocycles. The first-order valence-electron chi connectivity index (χ1n) is 4.79. The third kappa shape index (κ3) is 10.0. The maximum atomic E-state index is 10.2. The largest absolute Gasteiger partial charge is 0.301 e. The number of unbranched alkanes of at least 4 members (excludes halogenated alkanes) is 2. The lowest BCUT2D eigenvalue weighted by molar-refractivity contribution is 0.304. The molecule has 0 aromatic carbocycles. The van der Waals surface area contributed by atoms with Crippen LogP contribution in [-0.4, -0.2) is 31.6 Å². The Labute approximate surface area is 110 Å². The lowest BCUT2D eigenvalue weighted by Gasteiger charge is -2.16. The Bertz CT molecular complexity index is 179. The maximum absolute atomic E-state index is 10.2. The molecule has 0 radical (unpaired) electrons. The molecule has 0 saturated heterocycles. The fourth-order valence-electron chi connectivity index (χ4n) is 1.07. The molecule has 0 heterocycles. The van der Waals surface area contributed by atoms with E-state index in [4.69, 9.17) is 4.55 Å². The predicted molar refractivity (Wildman–Crippen MR) is 74.6 cm³/mol. The van der Waals surface area contributed by atoms with Gasteiger partial charge in [0.25, 0.3) is 0 Å². The van der Waals surface area contributed by atoms with Crippen LogP contribution in [0, 0.1) is 0 Å². The highest BCUT2D eigenvalue weighted by Gasteiger charge is 2.14. The summed E-state index contributed by atoms with van der Waals surface area (Å²) in [5, 5.41) is -0.0164. The van der Waals surface area contributed by atoms with Crippen LogP contribution in [0.1, 0.15) is 25.7 Å². The van der Waals surface area contributed by atoms with Crippen LogP contribution in [0.4, 0.5) is 0 Å². The molecule has 0 aromatic rings. The molecule has 3 atom stereocenters. The van der Waals surface area contributed by atoms with Crippen LogP contribution in [0.15, 0.2) is 0 Å². The van der Waals surface area contributed by atoms with Crippen LogP contribution in [0.2, 0.25) is 0 Å². The Morgan fingerprint density at radius 1 is 1.20 bits per heavy atom. The Kier molecular flexibility index (Phi) is 11.1. The van der Waals surface area contributed by atoms with Crippen molar-refractivity contribution < 1.29 is 12.9 Å². The van der Waals surface area contributed by atoms with Gasteiger partial charge >= 0.3 is 11.4 Å². The van der Waals surface area contributed by atoms with E-state index in [2.05, 4.69) is 42.1 Å². The zero-order chi connectivity index (χ0) is 11.7. The van der Waals surface area contributed by atoms with Gasteiger partial charge in [-0.15, -0.1) is 0 Å². The molecular formula is C8H18O3S4. The summed E-state index contributed by atoms with van der Waals surface area (Å²) in [6.07, 6.45) is 4.26. The summed E-state index contributed by atoms with van der Waals surface area (Å²) in [6.45, 7) is 0.146. The monoisotopic (exact) mass is 290 g/mol. The molecule has 92 valence electrons. The number of thiol groups is 3. The SMILES string of the molecule is O=S(O)OCC(S)C(S)CCCCCS. The van der Waals surface area contributed by atoms with Gasteiger partial charge in [-0.1, -0.05) is 12.8 Å². The van der Waals surface area contributed by atoms with E-state index in [0.717, 1.165) is 31.4 Å². The van der Waals surface area contributed by atoms with Crippen LogP contribution >= 0.6 is 37.9 Å². The van der Waals surface area contributed by atoms with Crippen molar-refractivity contribution >= 4 is 49.2 Å². The van der Waals surface area contributed by atoms with E-state index < -0.39 is 11.4 Å². The Balaban J connectivity index is 3.50. The van der Waals surface area contributed by atoms with Gasteiger partial charge in [-0.05, 0) is 18.6 Å². The fourth-order valence-corrected chi connectivity index (χ4v) is 2.15. The first-order valence-corrected chi connectivity index (χ1v) is 7.48. The zero-order valence-electron chi connectivity index (χ0n) is 8.41. The molecule has 0 aliphatic rings. The molecule has 7 heteroatoms. The molecule has 0 fully saturated rings. The van der Waals surface area contributed by atoms with Crippen LogP contribution in [0.3, 0.4) is 0 Å². The first-order chi connectivity index (χ1) is 7.07. The van der Waals surface area contributed by atoms with Gasteiger partial charge in [0, 0.05) is 10.5 Å². The van der Waals surface area contributed by atoms with Crippen LogP contribution in [0.5, 0.6) is 0 Å². The van der Waals surface area contributed by atoms with Crippen LogP contribution in [0.25, 0.3) is 0 Å². The second kappa shape index (κ2) is 10.3. The van der Waals surface area contributed by atoms with E-state index >= 15 is 0 Å². The summed E-state index contributed by atoms with van der Waals surface area (Å²) >= 11 is 10.6. The predicted octanol–water partition coefficient (Wildman–Crippen LogP) is 2.23. The Morgan fingerprint density at radius 2 is 1.87 bits per heavy atom. The Hall–Kier alpha value is 1.12. The minimum absolute atomic E-state index is 0.0943. The topological polar surface area (TPSA) is 46.5 Å². The van der Waals surface area contributed by atoms with Gasteiger partial charge in [0.1, 0.15) is 0 Å². The number of hydrogen-bond acceptors (Lipinski definition) is 5. The van der Waals surface area contributed by atoms with Crippen molar-refractivity contribution in [3.8, 4) is 0 Å². The smallest absolute Gasteiger partial charge is 0.284 e. The van der Waals surface area contributed by atoms with Gasteiger partial charge in [0.2, 0.25) is 0 Å². The highest BCUT2D eigenvalue weighted by atomic mass is 32.2. The normalized spacial score (nSPS) is 17.3. The molecule has 3 nitrogen and oxygen atoms in total. The summed E-state index contributed by atoms with van der Waals surface area (Å²) in [4.78, 5) is 0. The van der Waals surface area contributed by atoms with Crippen molar-refractivity contribution in [1.29, 1.82) is 0 Å². The van der Waals surface area contributed by atoms with Gasteiger partial charge in [0.15, 0.2) is 0 Å². The molecule has 3 unspecified atom stereocenters. The summed E-state index contributed by atoms with van der Waals surface area (Å²) in [5.74, 6) is 0.911. The summed E-state index contributed by atoms with van der Waals surface area (Å²) in [6, 6.07) is 0. The standard InChI is InChI=1S/C8H18O3S4/c9-15(10)11-6-8(14)7(13)4-2-1-3-5-12/h7-8,12-14H,1-6H2,(H,9,10). The summed E-state index contributed by atoms with van der Waals surface area (Å²) in [5.41, 5.74) is 0. The van der Waals surface area contributed by atoms with E-state index in [1.54, 1.807) is 0 Å². The van der Waals surface area contributed by atoms with E-state index in [1.807, 2.05) is 0 Å². The van der Waals surface area contributed by atoms with Crippen molar-refractivity contribution in [3.63, 3.8) is 0 Å². The van der Waals surface area contributed by atoms with Gasteiger partial charge in [0.05, 0.1) is 6.61 Å². The summed E-state index contributed by atoms with van der Waals surface area (Å²) < 4.78 is 23.2. The van der Waals surface area contributed by atoms with Crippen molar-refractivity contribution in [2.75, 3.05) is 12.4 Å². The molecule has 0 saturated carbocycles. The average Bonchev–Trinajstić information content (AvgIpc) is 2.20. The Morgan fingerprint density at radius 3 is 2.40 bits per heavy atom. The van der Waals surface area contributed by atoms with Crippen LogP contribution < -0.4 is 0 Å². The lowest BCUT2D eigenvalue weighted by Crippen LogP contribution is -2.21. The van der Waals surface area contributed by atoms with E-state index in [0.29, 0.717) is 0 Å². The third-order valence-corrected chi connectivity index (χ3v) is 3.96. The van der Waals surface area contributed by atoms with Crippen molar-refractivity contribution in [2.45, 2.75) is 36.2 Å². The van der Waals surface area contributed by atoms with Gasteiger partial charge in [-0.2, -0.15) is 42.1 Å². The quantitative estimate of drug-likeness (QED) is 0.299. The molecule has 0 amide bonds. The minimum atomic E-state index is -2.20. The number of rotatable bonds is 9.